The van der Waals surface area contributed by atoms with Gasteiger partial charge >= 0.3 is 8.80 Å². The predicted molar refractivity (Wildman–Crippen MR) is 230 cm³/mol. The number of carbonyl (C=O) groups excluding carboxylic acids is 3. The number of nitrogens with zero attached hydrogens (tertiary/aromatic N) is 2. The fraction of sp³-hybridized carbons (Fsp3) is 0.205. The number of azo groups is 1. The lowest BCUT2D eigenvalue weighted by Gasteiger charge is -2.24. The second-order valence-corrected chi connectivity index (χ2v) is 16.4. The lowest BCUT2D eigenvalue weighted by Crippen LogP contribution is -2.43. The van der Waals surface area contributed by atoms with Crippen molar-refractivity contribution in [2.45, 2.75) is 12.5 Å². The lowest BCUT2D eigenvalue weighted by molar-refractivity contribution is 0.0952. The van der Waals surface area contributed by atoms with Gasteiger partial charge in [-0.25, -0.2) is 0 Å². The molecule has 0 spiro atoms. The Hall–Kier alpha value is -6.49. The van der Waals surface area contributed by atoms with E-state index in [0.29, 0.717) is 64.7 Å². The van der Waals surface area contributed by atoms with Crippen molar-refractivity contribution >= 4 is 70.8 Å². The molecule has 0 bridgehead atoms. The van der Waals surface area contributed by atoms with Gasteiger partial charge in [-0.15, -0.1) is 10.2 Å². The summed E-state index contributed by atoms with van der Waals surface area (Å²) in [6.07, 6.45) is 0.769. The van der Waals surface area contributed by atoms with Crippen LogP contribution in [0.5, 0.6) is 11.5 Å². The number of para-hydroxylation sites is 1. The van der Waals surface area contributed by atoms with Gasteiger partial charge in [-0.2, -0.15) is 0 Å². The van der Waals surface area contributed by atoms with Gasteiger partial charge in [-0.1, -0.05) is 60.7 Å². The van der Waals surface area contributed by atoms with Crippen molar-refractivity contribution in [2.24, 2.45) is 10.2 Å². The van der Waals surface area contributed by atoms with Gasteiger partial charge in [0.1, 0.15) is 17.1 Å². The summed E-state index contributed by atoms with van der Waals surface area (Å²) < 4.78 is 21.9. The number of nitrogens with one attached hydrogen (secondary N) is 4. The van der Waals surface area contributed by atoms with Gasteiger partial charge in [0.2, 0.25) is 0 Å². The van der Waals surface area contributed by atoms with Crippen LogP contribution in [0.25, 0.3) is 21.5 Å². The zero-order valence-corrected chi connectivity index (χ0v) is 34.2. The normalized spacial score (nSPS) is 11.5. The van der Waals surface area contributed by atoms with Crippen molar-refractivity contribution in [1.29, 1.82) is 0 Å². The molecule has 0 fully saturated rings. The van der Waals surface area contributed by atoms with E-state index in [1.807, 2.05) is 54.6 Å². The summed E-state index contributed by atoms with van der Waals surface area (Å²) in [4.78, 5) is 40.5. The number of ether oxygens (including phenoxy) is 1. The number of fused-ring (bicyclic) bond motifs is 2. The second kappa shape index (κ2) is 19.8. The van der Waals surface area contributed by atoms with Crippen LogP contribution in [0, 0.1) is 0 Å². The predicted octanol–water partition coefficient (Wildman–Crippen LogP) is 8.21. The molecule has 6 aromatic carbocycles. The number of hydrogen-bond donors (Lipinski definition) is 5. The van der Waals surface area contributed by atoms with E-state index in [1.54, 1.807) is 69.9 Å². The van der Waals surface area contributed by atoms with E-state index in [0.717, 1.165) is 17.2 Å². The Kier molecular flexibility index (Phi) is 14.1. The molecule has 0 aromatic heterocycles. The van der Waals surface area contributed by atoms with E-state index in [4.69, 9.17) is 18.0 Å². The summed E-state index contributed by atoms with van der Waals surface area (Å²) in [5.74, 6) is -1.41. The van der Waals surface area contributed by atoms with Crippen LogP contribution in [0.2, 0.25) is 6.04 Å². The number of aromatic hydroxyl groups is 1. The first-order valence-electron chi connectivity index (χ1n) is 18.9. The highest BCUT2D eigenvalue weighted by Crippen LogP contribution is 2.41. The van der Waals surface area contributed by atoms with Gasteiger partial charge in [-0.05, 0) is 78.3 Å². The average Bonchev–Trinajstić information content (AvgIpc) is 3.27. The van der Waals surface area contributed by atoms with E-state index in [-0.39, 0.29) is 28.8 Å². The molecule has 0 atom stereocenters. The molecule has 0 saturated heterocycles. The monoisotopic (exact) mass is 814 g/mol. The van der Waals surface area contributed by atoms with Crippen molar-refractivity contribution in [2.75, 3.05) is 58.7 Å². The Morgan fingerprint density at radius 2 is 1.36 bits per heavy atom. The minimum atomic E-state index is -2.65. The van der Waals surface area contributed by atoms with Crippen LogP contribution in [-0.2, 0) is 13.3 Å². The van der Waals surface area contributed by atoms with Crippen molar-refractivity contribution in [1.82, 2.24) is 10.6 Å². The second-order valence-electron chi connectivity index (χ2n) is 13.3. The first-order valence-corrected chi connectivity index (χ1v) is 20.8. The van der Waals surface area contributed by atoms with Crippen LogP contribution in [0.3, 0.4) is 0 Å². The Morgan fingerprint density at radius 1 is 0.644 bits per heavy atom. The van der Waals surface area contributed by atoms with Crippen molar-refractivity contribution < 1.29 is 37.5 Å². The number of hydrogen-bond acceptors (Lipinski definition) is 11. The largest absolute Gasteiger partial charge is 0.505 e. The molecule has 59 heavy (non-hydrogen) atoms. The Morgan fingerprint density at radius 3 is 2.12 bits per heavy atom. The summed E-state index contributed by atoms with van der Waals surface area (Å²) in [5, 5.41) is 35.2. The zero-order valence-electron chi connectivity index (χ0n) is 33.2. The average molecular weight is 815 g/mol. The summed E-state index contributed by atoms with van der Waals surface area (Å²) in [7, 11) is 3.56. The van der Waals surface area contributed by atoms with Crippen LogP contribution in [0.15, 0.2) is 125 Å². The third-order valence-corrected chi connectivity index (χ3v) is 12.5. The van der Waals surface area contributed by atoms with Crippen LogP contribution < -0.4 is 26.0 Å². The minimum Gasteiger partial charge on any atom is -0.505 e. The van der Waals surface area contributed by atoms with Crippen LogP contribution in [-0.4, -0.2) is 79.7 Å². The van der Waals surface area contributed by atoms with Crippen LogP contribution >= 0.6 is 0 Å². The number of phenolic OH excluding ortho intramolecular Hbond substituents is 1. The Balaban J connectivity index is 1.28. The Labute approximate surface area is 342 Å². The first kappa shape index (κ1) is 42.1. The van der Waals surface area contributed by atoms with Crippen LogP contribution in [0.1, 0.15) is 37.5 Å². The summed E-state index contributed by atoms with van der Waals surface area (Å²) >= 11 is 0. The van der Waals surface area contributed by atoms with E-state index in [2.05, 4.69) is 31.5 Å². The topological polar surface area (TPSA) is 181 Å². The SMILES string of the molecule is COc1ccc(C(=O)Nc2ccccc2)cc1N=Nc1c(O)c(C(=O)Nc2cccc3ccccc23)cc2cc(C(=O)NCCNCCC[Si](OC)(OC)OC)ccc12. The molecule has 0 aliphatic rings. The highest BCUT2D eigenvalue weighted by Gasteiger charge is 2.36. The molecular formula is C44H46N6O8Si. The maximum atomic E-state index is 14.0. The van der Waals surface area contributed by atoms with Crippen molar-refractivity contribution in [3.05, 3.63) is 132 Å². The third kappa shape index (κ3) is 10.2. The van der Waals surface area contributed by atoms with Gasteiger partial charge < -0.3 is 44.4 Å². The number of amides is 3. The molecule has 6 rings (SSSR count). The molecule has 0 aliphatic heterocycles. The Bertz CT molecular complexity index is 2460. The van der Waals surface area contributed by atoms with E-state index < -0.39 is 20.5 Å². The summed E-state index contributed by atoms with van der Waals surface area (Å²) in [6.45, 7) is 1.56. The molecule has 0 heterocycles. The number of carbonyl (C=O) groups is 3. The maximum Gasteiger partial charge on any atom is 0.500 e. The fourth-order valence-electron chi connectivity index (χ4n) is 6.53. The molecule has 5 N–H and O–H groups in total. The summed E-state index contributed by atoms with van der Waals surface area (Å²) in [5.41, 5.74) is 1.88. The van der Waals surface area contributed by atoms with Gasteiger partial charge in [0.05, 0.1) is 12.7 Å². The van der Waals surface area contributed by atoms with Gasteiger partial charge in [-0.3, -0.25) is 14.4 Å². The van der Waals surface area contributed by atoms with E-state index >= 15 is 0 Å². The fourth-order valence-corrected chi connectivity index (χ4v) is 8.25. The van der Waals surface area contributed by atoms with Crippen molar-refractivity contribution in [3.8, 4) is 11.5 Å². The lowest BCUT2D eigenvalue weighted by atomic mass is 10.00. The molecular weight excluding hydrogens is 769 g/mol. The third-order valence-electron chi connectivity index (χ3n) is 9.72. The van der Waals surface area contributed by atoms with E-state index in [9.17, 15) is 19.5 Å². The summed E-state index contributed by atoms with van der Waals surface area (Å²) in [6, 6.07) is 33.9. The molecule has 3 amide bonds. The number of phenols is 1. The standard InChI is InChI=1S/C44H46N6O8Si/c1-55-39-21-19-31(43(53)47-33-14-6-5-7-15-33)28-38(39)49-50-40-35-20-18-30(42(52)46-24-23-45-22-11-25-59(56-2,57-3)58-4)26-32(35)27-36(41(40)51)44(54)48-37-17-10-13-29-12-8-9-16-34(29)37/h5-10,12-21,26-28,45,51H,11,22-25H2,1-4H3,(H,46,52)(H,47,53)(H,48,54). The number of rotatable bonds is 18. The molecule has 304 valence electrons. The molecule has 15 heteroatoms. The van der Waals surface area contributed by atoms with Gasteiger partial charge in [0, 0.05) is 73.7 Å². The zero-order chi connectivity index (χ0) is 41.8. The highest BCUT2D eigenvalue weighted by molar-refractivity contribution is 6.60. The van der Waals surface area contributed by atoms with Crippen molar-refractivity contribution in [3.63, 3.8) is 0 Å². The minimum absolute atomic E-state index is 0.0228. The van der Waals surface area contributed by atoms with Crippen LogP contribution in [0.4, 0.5) is 22.7 Å². The maximum absolute atomic E-state index is 14.0. The first-order chi connectivity index (χ1) is 28.7. The molecule has 14 nitrogen and oxygen atoms in total. The van der Waals surface area contributed by atoms with E-state index in [1.165, 1.54) is 19.2 Å². The number of anilines is 2. The quantitative estimate of drug-likeness (QED) is 0.0325. The highest BCUT2D eigenvalue weighted by atomic mass is 28.4. The molecule has 0 saturated carbocycles. The molecule has 0 radical (unpaired) electrons. The molecule has 6 aromatic rings. The molecule has 0 aliphatic carbocycles. The number of methoxy groups -OCH3 is 1. The smallest absolute Gasteiger partial charge is 0.500 e. The molecule has 0 unspecified atom stereocenters. The van der Waals surface area contributed by atoms with Gasteiger partial charge in [0.15, 0.2) is 5.75 Å². The van der Waals surface area contributed by atoms with Gasteiger partial charge in [0.25, 0.3) is 17.7 Å². The number of benzene rings is 6.